The van der Waals surface area contributed by atoms with E-state index < -0.39 is 0 Å². The van der Waals surface area contributed by atoms with Crippen LogP contribution in [0.5, 0.6) is 0 Å². The largest absolute Gasteiger partial charge is 0.313 e. The van der Waals surface area contributed by atoms with Crippen molar-refractivity contribution in [1.82, 2.24) is 5.32 Å². The minimum Gasteiger partial charge on any atom is -0.313 e. The van der Waals surface area contributed by atoms with Crippen LogP contribution < -0.4 is 5.32 Å². The molecule has 1 N–H and O–H groups in total. The molecule has 0 amide bonds. The summed E-state index contributed by atoms with van der Waals surface area (Å²) in [6, 6.07) is 2.92. The second-order valence-electron chi connectivity index (χ2n) is 7.13. The third-order valence-electron chi connectivity index (χ3n) is 6.15. The lowest BCUT2D eigenvalue weighted by molar-refractivity contribution is 0.477. The Morgan fingerprint density at radius 1 is 0.950 bits per heavy atom. The van der Waals surface area contributed by atoms with Crippen LogP contribution in [0.1, 0.15) is 59.5 Å². The van der Waals surface area contributed by atoms with Crippen LogP contribution in [0.15, 0.2) is 6.07 Å². The lowest BCUT2D eigenvalue weighted by atomic mass is 9.87. The van der Waals surface area contributed by atoms with Gasteiger partial charge in [-0.05, 0) is 93.2 Å². The highest BCUT2D eigenvalue weighted by atomic mass is 14.9. The van der Waals surface area contributed by atoms with E-state index in [0.717, 1.165) is 17.8 Å². The van der Waals surface area contributed by atoms with Crippen molar-refractivity contribution in [2.24, 2.45) is 17.8 Å². The normalized spacial score (nSPS) is 29.9. The summed E-state index contributed by atoms with van der Waals surface area (Å²) in [6.07, 6.45) is 5.85. The third-order valence-corrected chi connectivity index (χ3v) is 6.15. The van der Waals surface area contributed by atoms with Gasteiger partial charge in [-0.3, -0.25) is 0 Å². The molecule has 20 heavy (non-hydrogen) atoms. The molecule has 3 unspecified atom stereocenters. The number of benzene rings is 1. The molecule has 2 fully saturated rings. The Hall–Kier alpha value is -0.820. The molecule has 1 nitrogen and oxygen atoms in total. The van der Waals surface area contributed by atoms with Crippen LogP contribution in [-0.2, 0) is 0 Å². The first-order valence-electron chi connectivity index (χ1n) is 8.30. The highest BCUT2D eigenvalue weighted by molar-refractivity contribution is 5.46. The minimum atomic E-state index is 0.571. The molecule has 2 saturated carbocycles. The summed E-state index contributed by atoms with van der Waals surface area (Å²) in [5, 5.41) is 3.67. The summed E-state index contributed by atoms with van der Waals surface area (Å²) in [5.41, 5.74) is 7.52. The summed E-state index contributed by atoms with van der Waals surface area (Å²) in [4.78, 5) is 0. The van der Waals surface area contributed by atoms with E-state index in [-0.39, 0.29) is 0 Å². The van der Waals surface area contributed by atoms with Crippen LogP contribution in [-0.4, -0.2) is 7.05 Å². The van der Waals surface area contributed by atoms with Crippen molar-refractivity contribution < 1.29 is 0 Å². The molecule has 1 aromatic rings. The summed E-state index contributed by atoms with van der Waals surface area (Å²) in [5.74, 6) is 2.89. The maximum Gasteiger partial charge on any atom is 0.0357 e. The maximum atomic E-state index is 3.67. The Balaban J connectivity index is 1.98. The number of hydrogen-bond donors (Lipinski definition) is 1. The number of fused-ring (bicyclic) bond motifs is 1. The zero-order valence-electron chi connectivity index (χ0n) is 13.7. The maximum absolute atomic E-state index is 3.67. The zero-order chi connectivity index (χ0) is 14.4. The molecule has 0 heterocycles. The highest BCUT2D eigenvalue weighted by Crippen LogP contribution is 2.60. The molecular formula is C19H29N. The van der Waals surface area contributed by atoms with Gasteiger partial charge in [0.1, 0.15) is 0 Å². The van der Waals surface area contributed by atoms with Crippen LogP contribution in [0.2, 0.25) is 0 Å². The summed E-state index contributed by atoms with van der Waals surface area (Å²) in [7, 11) is 2.16. The molecule has 2 aliphatic carbocycles. The monoisotopic (exact) mass is 271 g/mol. The van der Waals surface area contributed by atoms with Crippen LogP contribution >= 0.6 is 0 Å². The van der Waals surface area contributed by atoms with Gasteiger partial charge < -0.3 is 5.32 Å². The number of nitrogens with one attached hydrogen (secondary N) is 1. The van der Waals surface area contributed by atoms with Gasteiger partial charge in [-0.25, -0.2) is 0 Å². The van der Waals surface area contributed by atoms with E-state index in [1.54, 1.807) is 5.56 Å². The first kappa shape index (κ1) is 14.1. The number of rotatable bonds is 3. The Morgan fingerprint density at radius 3 is 1.90 bits per heavy atom. The Labute approximate surface area is 124 Å². The Bertz CT molecular complexity index is 479. The molecule has 0 aliphatic heterocycles. The molecule has 0 saturated heterocycles. The van der Waals surface area contributed by atoms with Gasteiger partial charge >= 0.3 is 0 Å². The predicted molar refractivity (Wildman–Crippen MR) is 86.1 cm³/mol. The summed E-state index contributed by atoms with van der Waals surface area (Å²) in [6.45, 7) is 9.15. The third kappa shape index (κ3) is 2.11. The van der Waals surface area contributed by atoms with E-state index in [1.807, 2.05) is 0 Å². The number of aryl methyl sites for hydroxylation is 2. The van der Waals surface area contributed by atoms with E-state index in [4.69, 9.17) is 0 Å². The molecule has 0 spiro atoms. The van der Waals surface area contributed by atoms with Crippen molar-refractivity contribution in [3.05, 3.63) is 33.9 Å². The Kier molecular flexibility index (Phi) is 3.66. The van der Waals surface area contributed by atoms with E-state index in [0.29, 0.717) is 6.04 Å². The van der Waals surface area contributed by atoms with E-state index in [9.17, 15) is 0 Å². The second kappa shape index (κ2) is 5.18. The Morgan fingerprint density at radius 2 is 1.45 bits per heavy atom. The molecule has 0 radical (unpaired) electrons. The van der Waals surface area contributed by atoms with Gasteiger partial charge in [0.05, 0.1) is 0 Å². The van der Waals surface area contributed by atoms with Crippen LogP contribution in [0.4, 0.5) is 0 Å². The SMILES string of the molecule is CNC(c1c(C)c(C)cc(C)c1C)C1C2CCCCC21. The second-order valence-corrected chi connectivity index (χ2v) is 7.13. The molecule has 1 aromatic carbocycles. The summed E-state index contributed by atoms with van der Waals surface area (Å²) < 4.78 is 0. The predicted octanol–water partition coefficient (Wildman–Crippen LogP) is 4.62. The zero-order valence-corrected chi connectivity index (χ0v) is 13.7. The van der Waals surface area contributed by atoms with Crippen molar-refractivity contribution in [3.63, 3.8) is 0 Å². The summed E-state index contributed by atoms with van der Waals surface area (Å²) >= 11 is 0. The quantitative estimate of drug-likeness (QED) is 0.846. The van der Waals surface area contributed by atoms with Gasteiger partial charge in [-0.1, -0.05) is 18.9 Å². The average molecular weight is 271 g/mol. The lowest BCUT2D eigenvalue weighted by Gasteiger charge is -2.24. The van der Waals surface area contributed by atoms with Gasteiger partial charge in [0.15, 0.2) is 0 Å². The van der Waals surface area contributed by atoms with Gasteiger partial charge in [-0.15, -0.1) is 0 Å². The fourth-order valence-corrected chi connectivity index (χ4v) is 4.79. The molecule has 1 heteroatoms. The topological polar surface area (TPSA) is 12.0 Å². The van der Waals surface area contributed by atoms with Crippen LogP contribution in [0.25, 0.3) is 0 Å². The molecule has 2 aliphatic rings. The van der Waals surface area contributed by atoms with Gasteiger partial charge in [0, 0.05) is 6.04 Å². The van der Waals surface area contributed by atoms with Crippen molar-refractivity contribution in [3.8, 4) is 0 Å². The fraction of sp³-hybridized carbons (Fsp3) is 0.684. The van der Waals surface area contributed by atoms with Crippen molar-refractivity contribution >= 4 is 0 Å². The van der Waals surface area contributed by atoms with Crippen molar-refractivity contribution in [2.45, 2.75) is 59.4 Å². The molecule has 3 atom stereocenters. The van der Waals surface area contributed by atoms with E-state index in [2.05, 4.69) is 46.1 Å². The van der Waals surface area contributed by atoms with Gasteiger partial charge in [-0.2, -0.15) is 0 Å². The molecule has 3 rings (SSSR count). The first-order valence-corrected chi connectivity index (χ1v) is 8.30. The molecule has 0 aromatic heterocycles. The minimum absolute atomic E-state index is 0.571. The van der Waals surface area contributed by atoms with Gasteiger partial charge in [0.2, 0.25) is 0 Å². The van der Waals surface area contributed by atoms with E-state index >= 15 is 0 Å². The first-order chi connectivity index (χ1) is 9.56. The molecular weight excluding hydrogens is 242 g/mol. The standard InChI is InChI=1S/C19H29N/c1-11-10-12(2)14(4)17(13(11)3)19(20-5)18-15-8-6-7-9-16(15)18/h10,15-16,18-20H,6-9H2,1-5H3. The fourth-order valence-electron chi connectivity index (χ4n) is 4.79. The molecule has 0 bridgehead atoms. The lowest BCUT2D eigenvalue weighted by Crippen LogP contribution is -2.22. The van der Waals surface area contributed by atoms with Crippen molar-refractivity contribution in [1.29, 1.82) is 0 Å². The smallest absolute Gasteiger partial charge is 0.0357 e. The van der Waals surface area contributed by atoms with Crippen LogP contribution in [0, 0.1) is 45.4 Å². The average Bonchev–Trinajstić information content (AvgIpc) is 3.16. The van der Waals surface area contributed by atoms with Gasteiger partial charge in [0.25, 0.3) is 0 Å². The van der Waals surface area contributed by atoms with Crippen molar-refractivity contribution in [2.75, 3.05) is 7.05 Å². The highest BCUT2D eigenvalue weighted by Gasteiger charge is 2.54. The van der Waals surface area contributed by atoms with E-state index in [1.165, 1.54) is 47.9 Å². The number of hydrogen-bond acceptors (Lipinski definition) is 1. The molecule has 110 valence electrons. The van der Waals surface area contributed by atoms with Crippen LogP contribution in [0.3, 0.4) is 0 Å².